The van der Waals surface area contributed by atoms with E-state index < -0.39 is 17.1 Å². The van der Waals surface area contributed by atoms with E-state index in [1.807, 2.05) is 104 Å². The van der Waals surface area contributed by atoms with Crippen molar-refractivity contribution in [1.82, 2.24) is 5.32 Å². The van der Waals surface area contributed by atoms with Gasteiger partial charge in [-0.3, -0.25) is 14.4 Å². The predicted molar refractivity (Wildman–Crippen MR) is 192 cm³/mol. The number of hydrogen-bond donors (Lipinski definition) is 3. The molecule has 0 heterocycles. The van der Waals surface area contributed by atoms with Crippen LogP contribution in [0.25, 0.3) is 6.08 Å². The first-order valence-electron chi connectivity index (χ1n) is 14.9. The van der Waals surface area contributed by atoms with Crippen LogP contribution in [0.15, 0.2) is 149 Å². The maximum absolute atomic E-state index is 13.7. The molecule has 0 aliphatic rings. The van der Waals surface area contributed by atoms with Gasteiger partial charge in [0.25, 0.3) is 11.8 Å². The Kier molecular flexibility index (Phi) is 11.6. The number of amides is 3. The summed E-state index contributed by atoms with van der Waals surface area (Å²) in [5.41, 5.74) is 3.15. The third-order valence-electron chi connectivity index (χ3n) is 6.84. The number of carbonyl (C=O) groups excluding carboxylic acids is 3. The fraction of sp³-hybridized carbons (Fsp3) is 0.0789. The van der Waals surface area contributed by atoms with Crippen LogP contribution in [0, 0.1) is 0 Å². The summed E-state index contributed by atoms with van der Waals surface area (Å²) in [4.78, 5) is 41.1. The lowest BCUT2D eigenvalue weighted by molar-refractivity contribution is -0.116. The summed E-state index contributed by atoms with van der Waals surface area (Å²) in [5.74, 6) is -0.525. The molecule has 0 aliphatic heterocycles. The second-order valence-corrected chi connectivity index (χ2v) is 12.3. The van der Waals surface area contributed by atoms with Gasteiger partial charge in [0.2, 0.25) is 5.91 Å². The van der Waals surface area contributed by atoms with Gasteiger partial charge in [-0.1, -0.05) is 94.8 Å². The quantitative estimate of drug-likeness (QED) is 0.0891. The summed E-state index contributed by atoms with van der Waals surface area (Å²) in [6.45, 7) is 2.36. The van der Waals surface area contributed by atoms with Crippen molar-refractivity contribution in [2.24, 2.45) is 0 Å². The van der Waals surface area contributed by atoms with Gasteiger partial charge in [0.05, 0.1) is 12.3 Å². The number of benzene rings is 5. The second-order valence-electron chi connectivity index (χ2n) is 10.2. The number of hydrogen-bond acceptors (Lipinski definition) is 5. The monoisotopic (exact) mass is 705 g/mol. The first kappa shape index (κ1) is 33.2. The van der Waals surface area contributed by atoms with E-state index in [4.69, 9.17) is 4.74 Å². The zero-order valence-corrected chi connectivity index (χ0v) is 27.9. The zero-order valence-electron chi connectivity index (χ0n) is 25.5. The molecule has 0 bridgehead atoms. The lowest BCUT2D eigenvalue weighted by Crippen LogP contribution is -2.30. The van der Waals surface area contributed by atoms with Crippen LogP contribution in [0.3, 0.4) is 0 Å². The number of rotatable bonds is 12. The van der Waals surface area contributed by atoms with Crippen molar-refractivity contribution in [3.05, 3.63) is 160 Å². The zero-order chi connectivity index (χ0) is 33.0. The molecule has 0 saturated carbocycles. The fourth-order valence-corrected chi connectivity index (χ4v) is 5.95. The van der Waals surface area contributed by atoms with Gasteiger partial charge in [0.1, 0.15) is 16.7 Å². The number of thioether (sulfide) groups is 1. The minimum atomic E-state index is -0.602. The average molecular weight is 707 g/mol. The maximum atomic E-state index is 13.7. The Labute approximate surface area is 286 Å². The number of nitrogens with one attached hydrogen (secondary N) is 3. The van der Waals surface area contributed by atoms with Gasteiger partial charge in [-0.05, 0) is 78.7 Å². The molecule has 3 amide bonds. The standard InChI is InChI=1S/C38H32BrN3O4S/c1-2-46-34-19-10-9-18-32(34)41-38(45)35(27-12-5-3-6-13-27)47-31-17-11-16-30(25-31)40-37(44)33(24-26-20-22-29(39)23-21-26)42-36(43)28-14-7-4-8-15-28/h3-25,35H,2H2,1H3,(H,40,44)(H,41,45)(H,42,43)/b33-24+. The van der Waals surface area contributed by atoms with Crippen molar-refractivity contribution in [2.75, 3.05) is 17.2 Å². The molecule has 7 nitrogen and oxygen atoms in total. The summed E-state index contributed by atoms with van der Waals surface area (Å²) in [6, 6.07) is 40.2. The predicted octanol–water partition coefficient (Wildman–Crippen LogP) is 8.73. The molecule has 0 spiro atoms. The highest BCUT2D eigenvalue weighted by molar-refractivity contribution is 9.10. The topological polar surface area (TPSA) is 96.5 Å². The van der Waals surface area contributed by atoms with E-state index in [0.717, 1.165) is 20.5 Å². The van der Waals surface area contributed by atoms with Crippen LogP contribution < -0.4 is 20.7 Å². The Morgan fingerprint density at radius 3 is 2.19 bits per heavy atom. The molecule has 1 atom stereocenters. The molecule has 0 fully saturated rings. The van der Waals surface area contributed by atoms with Crippen LogP contribution in [-0.2, 0) is 9.59 Å². The van der Waals surface area contributed by atoms with E-state index in [2.05, 4.69) is 31.9 Å². The Morgan fingerprint density at radius 2 is 1.47 bits per heavy atom. The van der Waals surface area contributed by atoms with Crippen LogP contribution in [0.2, 0.25) is 0 Å². The van der Waals surface area contributed by atoms with Crippen LogP contribution in [0.4, 0.5) is 11.4 Å². The summed E-state index contributed by atoms with van der Waals surface area (Å²) in [6.07, 6.45) is 1.62. The number of carbonyl (C=O) groups is 3. The molecule has 5 aromatic carbocycles. The number of para-hydroxylation sites is 2. The van der Waals surface area contributed by atoms with Gasteiger partial charge in [0.15, 0.2) is 0 Å². The Morgan fingerprint density at radius 1 is 0.787 bits per heavy atom. The van der Waals surface area contributed by atoms with Crippen molar-refractivity contribution in [2.45, 2.75) is 17.1 Å². The summed E-state index contributed by atoms with van der Waals surface area (Å²) >= 11 is 4.78. The Balaban J connectivity index is 1.37. The molecule has 47 heavy (non-hydrogen) atoms. The van der Waals surface area contributed by atoms with Crippen molar-refractivity contribution < 1.29 is 19.1 Å². The molecule has 0 saturated heterocycles. The highest BCUT2D eigenvalue weighted by Crippen LogP contribution is 2.38. The van der Waals surface area contributed by atoms with E-state index in [0.29, 0.717) is 29.3 Å². The van der Waals surface area contributed by atoms with Crippen LogP contribution in [0.5, 0.6) is 5.75 Å². The minimum absolute atomic E-state index is 0.0775. The molecule has 1 unspecified atom stereocenters. The largest absolute Gasteiger partial charge is 0.492 e. The molecule has 3 N–H and O–H groups in total. The lowest BCUT2D eigenvalue weighted by atomic mass is 10.1. The van der Waals surface area contributed by atoms with Crippen molar-refractivity contribution >= 4 is 62.9 Å². The molecular weight excluding hydrogens is 674 g/mol. The average Bonchev–Trinajstić information content (AvgIpc) is 3.09. The third-order valence-corrected chi connectivity index (χ3v) is 8.62. The number of anilines is 2. The smallest absolute Gasteiger partial charge is 0.272 e. The van der Waals surface area contributed by atoms with Gasteiger partial charge >= 0.3 is 0 Å². The lowest BCUT2D eigenvalue weighted by Gasteiger charge is -2.19. The SMILES string of the molecule is CCOc1ccccc1NC(=O)C(Sc1cccc(NC(=O)/C(=C\c2ccc(Br)cc2)NC(=O)c2ccccc2)c1)c1ccccc1. The highest BCUT2D eigenvalue weighted by atomic mass is 79.9. The van der Waals surface area contributed by atoms with Crippen LogP contribution in [-0.4, -0.2) is 24.3 Å². The molecule has 0 aromatic heterocycles. The van der Waals surface area contributed by atoms with Gasteiger partial charge < -0.3 is 20.7 Å². The van der Waals surface area contributed by atoms with Crippen molar-refractivity contribution in [3.8, 4) is 5.75 Å². The van der Waals surface area contributed by atoms with Gasteiger partial charge in [-0.2, -0.15) is 0 Å². The summed E-state index contributed by atoms with van der Waals surface area (Å²) in [7, 11) is 0. The van der Waals surface area contributed by atoms with Crippen molar-refractivity contribution in [3.63, 3.8) is 0 Å². The van der Waals surface area contributed by atoms with E-state index in [-0.39, 0.29) is 11.6 Å². The summed E-state index contributed by atoms with van der Waals surface area (Å²) < 4.78 is 6.60. The summed E-state index contributed by atoms with van der Waals surface area (Å²) in [5, 5.41) is 8.11. The van der Waals surface area contributed by atoms with Gasteiger partial charge in [-0.25, -0.2) is 0 Å². The fourth-order valence-electron chi connectivity index (χ4n) is 4.60. The normalized spacial score (nSPS) is 11.7. The third kappa shape index (κ3) is 9.45. The molecule has 5 rings (SSSR count). The number of ether oxygens (including phenoxy) is 1. The molecule has 0 radical (unpaired) electrons. The van der Waals surface area contributed by atoms with Crippen LogP contribution in [0.1, 0.15) is 33.7 Å². The molecule has 0 aliphatic carbocycles. The van der Waals surface area contributed by atoms with Crippen LogP contribution >= 0.6 is 27.7 Å². The molecular formula is C38H32BrN3O4S. The molecule has 9 heteroatoms. The van der Waals surface area contributed by atoms with E-state index >= 15 is 0 Å². The Bertz CT molecular complexity index is 1870. The maximum Gasteiger partial charge on any atom is 0.272 e. The second kappa shape index (κ2) is 16.4. The molecule has 236 valence electrons. The highest BCUT2D eigenvalue weighted by Gasteiger charge is 2.24. The van der Waals surface area contributed by atoms with Crippen molar-refractivity contribution in [1.29, 1.82) is 0 Å². The minimum Gasteiger partial charge on any atom is -0.492 e. The van der Waals surface area contributed by atoms with E-state index in [1.165, 1.54) is 11.8 Å². The van der Waals surface area contributed by atoms with Gasteiger partial charge in [-0.15, -0.1) is 11.8 Å². The van der Waals surface area contributed by atoms with Gasteiger partial charge in [0, 0.05) is 20.6 Å². The number of halogens is 1. The molecule has 5 aromatic rings. The van der Waals surface area contributed by atoms with E-state index in [1.54, 1.807) is 42.5 Å². The first-order valence-corrected chi connectivity index (χ1v) is 16.6. The Hall–Kier alpha value is -5.12. The first-order chi connectivity index (χ1) is 22.9. The van der Waals surface area contributed by atoms with E-state index in [9.17, 15) is 14.4 Å².